The molecule has 2 aromatic carbocycles. The lowest BCUT2D eigenvalue weighted by molar-refractivity contribution is 0.151. The predicted octanol–water partition coefficient (Wildman–Crippen LogP) is 5.24. The second-order valence-electron chi connectivity index (χ2n) is 4.67. The zero-order valence-electron chi connectivity index (χ0n) is 11.1. The van der Waals surface area contributed by atoms with E-state index in [1.807, 2.05) is 18.2 Å². The highest BCUT2D eigenvalue weighted by molar-refractivity contribution is 9.10. The number of hydrogen-bond donors (Lipinski definition) is 1. The summed E-state index contributed by atoms with van der Waals surface area (Å²) in [7, 11) is 0. The van der Waals surface area contributed by atoms with E-state index in [0.717, 1.165) is 10.0 Å². The van der Waals surface area contributed by atoms with E-state index in [9.17, 15) is 8.78 Å². The molecule has 0 bridgehead atoms. The number of benzene rings is 2. The molecule has 0 aliphatic carbocycles. The van der Waals surface area contributed by atoms with Gasteiger partial charge in [-0.05, 0) is 24.1 Å². The average molecular weight is 340 g/mol. The molecule has 1 N–H and O–H groups in total. The summed E-state index contributed by atoms with van der Waals surface area (Å²) in [5.74, 6) is 0. The van der Waals surface area contributed by atoms with Crippen molar-refractivity contribution >= 4 is 15.9 Å². The van der Waals surface area contributed by atoms with Gasteiger partial charge in [-0.15, -0.1) is 0 Å². The summed E-state index contributed by atoms with van der Waals surface area (Å²) in [5.41, 5.74) is 2.23. The molecule has 0 fully saturated rings. The van der Waals surface area contributed by atoms with Gasteiger partial charge in [0.05, 0.1) is 0 Å². The fraction of sp³-hybridized carbons (Fsp3) is 0.250. The lowest BCUT2D eigenvalue weighted by atomic mass is 10.1. The van der Waals surface area contributed by atoms with Crippen LogP contribution in [0.2, 0.25) is 0 Å². The Hall–Kier alpha value is -1.26. The van der Waals surface area contributed by atoms with Crippen molar-refractivity contribution in [2.75, 3.05) is 0 Å². The summed E-state index contributed by atoms with van der Waals surface area (Å²) in [5, 5.41) is 3.39. The van der Waals surface area contributed by atoms with Gasteiger partial charge < -0.3 is 5.32 Å². The lowest BCUT2D eigenvalue weighted by Gasteiger charge is -2.16. The van der Waals surface area contributed by atoms with Crippen LogP contribution in [0.5, 0.6) is 0 Å². The summed E-state index contributed by atoms with van der Waals surface area (Å²) in [4.78, 5) is 0. The van der Waals surface area contributed by atoms with Crippen molar-refractivity contribution < 1.29 is 8.78 Å². The molecule has 0 aliphatic heterocycles. The van der Waals surface area contributed by atoms with Gasteiger partial charge in [-0.25, -0.2) is 8.78 Å². The Morgan fingerprint density at radius 1 is 1.05 bits per heavy atom. The molecule has 2 aromatic rings. The van der Waals surface area contributed by atoms with Crippen LogP contribution in [0.15, 0.2) is 53.0 Å². The smallest absolute Gasteiger partial charge is 0.263 e. The molecule has 0 saturated heterocycles. The van der Waals surface area contributed by atoms with Crippen LogP contribution in [0.3, 0.4) is 0 Å². The van der Waals surface area contributed by atoms with Crippen molar-refractivity contribution in [2.45, 2.75) is 25.9 Å². The van der Waals surface area contributed by atoms with Crippen molar-refractivity contribution in [2.24, 2.45) is 0 Å². The third-order valence-electron chi connectivity index (χ3n) is 3.22. The van der Waals surface area contributed by atoms with Crippen LogP contribution in [0.1, 0.15) is 36.1 Å². The highest BCUT2D eigenvalue weighted by atomic mass is 79.9. The summed E-state index contributed by atoms with van der Waals surface area (Å²) in [6.07, 6.45) is -2.41. The van der Waals surface area contributed by atoms with Crippen molar-refractivity contribution in [1.29, 1.82) is 0 Å². The van der Waals surface area contributed by atoms with Crippen LogP contribution < -0.4 is 5.32 Å². The molecule has 0 heterocycles. The van der Waals surface area contributed by atoms with E-state index in [0.29, 0.717) is 6.54 Å². The van der Waals surface area contributed by atoms with Gasteiger partial charge in [0, 0.05) is 22.6 Å². The van der Waals surface area contributed by atoms with Gasteiger partial charge in [0.1, 0.15) is 0 Å². The number of halogens is 3. The average Bonchev–Trinajstić information content (AvgIpc) is 2.45. The molecule has 0 aliphatic rings. The first-order valence-electron chi connectivity index (χ1n) is 6.42. The Balaban J connectivity index is 1.96. The summed E-state index contributed by atoms with van der Waals surface area (Å²) < 4.78 is 26.0. The molecule has 0 saturated carbocycles. The zero-order chi connectivity index (χ0) is 14.5. The van der Waals surface area contributed by atoms with E-state index in [4.69, 9.17) is 0 Å². The molecule has 1 atom stereocenters. The standard InChI is InChI=1S/C16H16BrF2N/c1-11(14-4-2-3-5-15(14)17)20-10-12-6-8-13(9-7-12)16(18)19/h2-9,11,16,20H,10H2,1H3/t11-/m1/s1. The predicted molar refractivity (Wildman–Crippen MR) is 80.8 cm³/mol. The Kier molecular flexibility index (Phi) is 5.26. The van der Waals surface area contributed by atoms with Gasteiger partial charge in [0.2, 0.25) is 0 Å². The van der Waals surface area contributed by atoms with E-state index in [-0.39, 0.29) is 11.6 Å². The SMILES string of the molecule is C[C@@H](NCc1ccc(C(F)F)cc1)c1ccccc1Br. The Morgan fingerprint density at radius 2 is 1.70 bits per heavy atom. The quantitative estimate of drug-likeness (QED) is 0.785. The topological polar surface area (TPSA) is 12.0 Å². The molecule has 106 valence electrons. The van der Waals surface area contributed by atoms with Crippen LogP contribution >= 0.6 is 15.9 Å². The second kappa shape index (κ2) is 6.95. The number of alkyl halides is 2. The minimum absolute atomic E-state index is 0.0626. The minimum Gasteiger partial charge on any atom is -0.306 e. The third kappa shape index (κ3) is 3.87. The second-order valence-corrected chi connectivity index (χ2v) is 5.52. The van der Waals surface area contributed by atoms with Gasteiger partial charge in [-0.2, -0.15) is 0 Å². The van der Waals surface area contributed by atoms with E-state index < -0.39 is 6.43 Å². The Bertz CT molecular complexity index is 555. The van der Waals surface area contributed by atoms with Crippen LogP contribution in [0.4, 0.5) is 8.78 Å². The zero-order valence-corrected chi connectivity index (χ0v) is 12.7. The number of rotatable bonds is 5. The molecular formula is C16H16BrF2N. The molecule has 20 heavy (non-hydrogen) atoms. The molecule has 2 rings (SSSR count). The first-order valence-corrected chi connectivity index (χ1v) is 7.22. The minimum atomic E-state index is -2.41. The Morgan fingerprint density at radius 3 is 2.30 bits per heavy atom. The van der Waals surface area contributed by atoms with Gasteiger partial charge in [0.25, 0.3) is 6.43 Å². The van der Waals surface area contributed by atoms with Crippen LogP contribution in [-0.4, -0.2) is 0 Å². The first kappa shape index (κ1) is 15.1. The number of nitrogens with one attached hydrogen (secondary N) is 1. The van der Waals surface area contributed by atoms with Gasteiger partial charge in [0.15, 0.2) is 0 Å². The van der Waals surface area contributed by atoms with Crippen molar-refractivity contribution in [3.05, 3.63) is 69.7 Å². The molecule has 0 amide bonds. The Labute approximate surface area is 126 Å². The van der Waals surface area contributed by atoms with Crippen LogP contribution in [0.25, 0.3) is 0 Å². The third-order valence-corrected chi connectivity index (χ3v) is 3.94. The lowest BCUT2D eigenvalue weighted by Crippen LogP contribution is -2.18. The molecule has 0 spiro atoms. The van der Waals surface area contributed by atoms with E-state index in [2.05, 4.69) is 34.2 Å². The van der Waals surface area contributed by atoms with Crippen molar-refractivity contribution in [3.63, 3.8) is 0 Å². The van der Waals surface area contributed by atoms with Gasteiger partial charge in [-0.1, -0.05) is 58.4 Å². The van der Waals surface area contributed by atoms with Gasteiger partial charge >= 0.3 is 0 Å². The highest BCUT2D eigenvalue weighted by Crippen LogP contribution is 2.23. The molecule has 4 heteroatoms. The molecule has 0 aromatic heterocycles. The highest BCUT2D eigenvalue weighted by Gasteiger charge is 2.09. The molecule has 0 unspecified atom stereocenters. The van der Waals surface area contributed by atoms with Crippen LogP contribution in [-0.2, 0) is 6.54 Å². The maximum Gasteiger partial charge on any atom is 0.263 e. The molecule has 1 nitrogen and oxygen atoms in total. The summed E-state index contributed by atoms with van der Waals surface area (Å²) in [6, 6.07) is 14.6. The van der Waals surface area contributed by atoms with E-state index in [1.165, 1.54) is 17.7 Å². The fourth-order valence-corrected chi connectivity index (χ4v) is 2.62. The van der Waals surface area contributed by atoms with Crippen LogP contribution in [0, 0.1) is 0 Å². The van der Waals surface area contributed by atoms with Gasteiger partial charge in [-0.3, -0.25) is 0 Å². The maximum atomic E-state index is 12.5. The van der Waals surface area contributed by atoms with E-state index >= 15 is 0 Å². The largest absolute Gasteiger partial charge is 0.306 e. The monoisotopic (exact) mass is 339 g/mol. The fourth-order valence-electron chi connectivity index (χ4n) is 1.99. The number of hydrogen-bond acceptors (Lipinski definition) is 1. The summed E-state index contributed by atoms with van der Waals surface area (Å²) in [6.45, 7) is 2.72. The van der Waals surface area contributed by atoms with Crippen molar-refractivity contribution in [3.8, 4) is 0 Å². The normalized spacial score (nSPS) is 12.7. The molecule has 0 radical (unpaired) electrons. The van der Waals surface area contributed by atoms with Crippen molar-refractivity contribution in [1.82, 2.24) is 5.32 Å². The first-order chi connectivity index (χ1) is 9.58. The maximum absolute atomic E-state index is 12.5. The summed E-state index contributed by atoms with van der Waals surface area (Å²) >= 11 is 3.53. The molecular weight excluding hydrogens is 324 g/mol. The van der Waals surface area contributed by atoms with E-state index in [1.54, 1.807) is 12.1 Å².